The second-order valence-corrected chi connectivity index (χ2v) is 8.01. The number of carbonyl (C=O) groups excluding carboxylic acids is 1. The zero-order valence-electron chi connectivity index (χ0n) is 11.6. The molecule has 0 spiro atoms. The average molecular weight is 366 g/mol. The number of carbonyl (C=O) groups is 1. The molecule has 0 saturated heterocycles. The summed E-state index contributed by atoms with van der Waals surface area (Å²) in [6.45, 7) is -0.543. The van der Waals surface area contributed by atoms with E-state index in [0.29, 0.717) is 19.3 Å². The molecule has 1 rings (SSSR count). The third-order valence-corrected chi connectivity index (χ3v) is 4.58. The van der Waals surface area contributed by atoms with Crippen molar-refractivity contribution in [3.63, 3.8) is 0 Å². The largest absolute Gasteiger partial charge is 0.465 e. The van der Waals surface area contributed by atoms with Gasteiger partial charge in [0, 0.05) is 0 Å². The van der Waals surface area contributed by atoms with Gasteiger partial charge in [-0.3, -0.25) is 8.74 Å². The van der Waals surface area contributed by atoms with E-state index in [1.165, 1.54) is 0 Å². The first-order chi connectivity index (χ1) is 9.84. The molecule has 2 atom stereocenters. The summed E-state index contributed by atoms with van der Waals surface area (Å²) < 4.78 is 85.8. The van der Waals surface area contributed by atoms with E-state index in [1.54, 1.807) is 0 Å². The van der Waals surface area contributed by atoms with E-state index >= 15 is 0 Å². The zero-order valence-corrected chi connectivity index (χ0v) is 13.2. The predicted octanol–water partition coefficient (Wildman–Crippen LogP) is 0.545. The fourth-order valence-electron chi connectivity index (χ4n) is 2.18. The van der Waals surface area contributed by atoms with Crippen LogP contribution in [0.25, 0.3) is 0 Å². The summed E-state index contributed by atoms with van der Waals surface area (Å²) in [7, 11) is -9.56. The molecular formula is C10H16F2O8S2. The highest BCUT2D eigenvalue weighted by Gasteiger charge is 2.54. The van der Waals surface area contributed by atoms with Gasteiger partial charge in [0.1, 0.15) is 0 Å². The number of esters is 1. The Bertz CT molecular complexity index is 613. The molecule has 1 aliphatic carbocycles. The molecule has 0 aromatic carbocycles. The lowest BCUT2D eigenvalue weighted by Gasteiger charge is -2.19. The normalized spacial score (nSPS) is 23.5. The summed E-state index contributed by atoms with van der Waals surface area (Å²) in [5.41, 5.74) is 0. The minimum atomic E-state index is -5.90. The second kappa shape index (κ2) is 6.72. The van der Waals surface area contributed by atoms with Gasteiger partial charge in [0.25, 0.3) is 10.1 Å². The zero-order chi connectivity index (χ0) is 17.2. The summed E-state index contributed by atoms with van der Waals surface area (Å²) in [6, 6.07) is 0. The first-order valence-electron chi connectivity index (χ1n) is 6.25. The molecule has 1 fully saturated rings. The first kappa shape index (κ1) is 19.2. The lowest BCUT2D eigenvalue weighted by atomic mass is 10.0. The maximum atomic E-state index is 12.9. The lowest BCUT2D eigenvalue weighted by molar-refractivity contribution is -0.162. The standard InChI is InChI=1S/C10H16F2O8S2/c1-21(14,15)20-8-4-2-3-7(8)5-6-19-9(13)10(11,12)22(16,17)18/h7-8H,2-6H2,1H3,(H,16,17,18). The van der Waals surface area contributed by atoms with Gasteiger partial charge in [0.05, 0.1) is 19.0 Å². The molecule has 2 unspecified atom stereocenters. The van der Waals surface area contributed by atoms with Crippen LogP contribution in [-0.2, 0) is 34.0 Å². The van der Waals surface area contributed by atoms with Crippen molar-refractivity contribution >= 4 is 26.2 Å². The highest BCUT2D eigenvalue weighted by Crippen LogP contribution is 2.32. The van der Waals surface area contributed by atoms with Gasteiger partial charge in [-0.1, -0.05) is 6.42 Å². The number of hydrogen-bond donors (Lipinski definition) is 1. The van der Waals surface area contributed by atoms with Crippen molar-refractivity contribution in [1.29, 1.82) is 0 Å². The second-order valence-electron chi connectivity index (χ2n) is 4.95. The van der Waals surface area contributed by atoms with Gasteiger partial charge in [-0.25, -0.2) is 4.79 Å². The molecule has 1 saturated carbocycles. The van der Waals surface area contributed by atoms with Crippen LogP contribution in [0.2, 0.25) is 0 Å². The van der Waals surface area contributed by atoms with Crippen LogP contribution in [0.15, 0.2) is 0 Å². The number of halogens is 2. The van der Waals surface area contributed by atoms with E-state index in [1.807, 2.05) is 0 Å². The molecule has 8 nitrogen and oxygen atoms in total. The predicted molar refractivity (Wildman–Crippen MR) is 69.1 cm³/mol. The minimum Gasteiger partial charge on any atom is -0.460 e. The molecule has 0 amide bonds. The third-order valence-electron chi connectivity index (χ3n) is 3.17. The molecule has 22 heavy (non-hydrogen) atoms. The van der Waals surface area contributed by atoms with Crippen LogP contribution in [0.3, 0.4) is 0 Å². The average Bonchev–Trinajstić information content (AvgIpc) is 2.72. The first-order valence-corrected chi connectivity index (χ1v) is 9.50. The quantitative estimate of drug-likeness (QED) is 0.393. The Morgan fingerprint density at radius 1 is 1.27 bits per heavy atom. The Labute approximate surface area is 126 Å². The lowest BCUT2D eigenvalue weighted by Crippen LogP contribution is -2.39. The smallest absolute Gasteiger partial charge is 0.460 e. The van der Waals surface area contributed by atoms with Gasteiger partial charge in [-0.15, -0.1) is 0 Å². The summed E-state index contributed by atoms with van der Waals surface area (Å²) >= 11 is 0. The van der Waals surface area contributed by atoms with Crippen molar-refractivity contribution < 1.29 is 43.9 Å². The fraction of sp³-hybridized carbons (Fsp3) is 0.900. The van der Waals surface area contributed by atoms with Crippen LogP contribution in [-0.4, -0.2) is 51.6 Å². The van der Waals surface area contributed by atoms with E-state index in [-0.39, 0.29) is 12.3 Å². The number of ether oxygens (including phenoxy) is 1. The van der Waals surface area contributed by atoms with E-state index in [4.69, 9.17) is 8.74 Å². The molecule has 12 heteroatoms. The summed E-state index contributed by atoms with van der Waals surface area (Å²) in [5.74, 6) is -2.70. The minimum absolute atomic E-state index is 0.0352. The highest BCUT2D eigenvalue weighted by molar-refractivity contribution is 7.87. The Kier molecular flexibility index (Phi) is 5.87. The molecule has 0 aromatic rings. The maximum absolute atomic E-state index is 12.9. The molecule has 1 N–H and O–H groups in total. The SMILES string of the molecule is CS(=O)(=O)OC1CCCC1CCOC(=O)C(F)(F)S(=O)(=O)O. The van der Waals surface area contributed by atoms with E-state index in [9.17, 15) is 30.4 Å². The number of rotatable bonds is 7. The fourth-order valence-corrected chi connectivity index (χ4v) is 3.15. The van der Waals surface area contributed by atoms with E-state index in [2.05, 4.69) is 4.74 Å². The van der Waals surface area contributed by atoms with E-state index in [0.717, 1.165) is 6.26 Å². The van der Waals surface area contributed by atoms with Gasteiger partial charge in [-0.2, -0.15) is 25.6 Å². The van der Waals surface area contributed by atoms with Crippen LogP contribution in [0.5, 0.6) is 0 Å². The highest BCUT2D eigenvalue weighted by atomic mass is 32.2. The molecule has 0 aliphatic heterocycles. The van der Waals surface area contributed by atoms with Crippen molar-refractivity contribution in [3.8, 4) is 0 Å². The van der Waals surface area contributed by atoms with Crippen LogP contribution >= 0.6 is 0 Å². The van der Waals surface area contributed by atoms with E-state index < -0.39 is 44.2 Å². The Hall–Kier alpha value is -0.850. The summed E-state index contributed by atoms with van der Waals surface area (Å²) in [4.78, 5) is 11.0. The van der Waals surface area contributed by atoms with Crippen molar-refractivity contribution in [2.75, 3.05) is 12.9 Å². The van der Waals surface area contributed by atoms with Crippen molar-refractivity contribution in [1.82, 2.24) is 0 Å². The molecule has 130 valence electrons. The summed E-state index contributed by atoms with van der Waals surface area (Å²) in [6.07, 6.45) is 1.98. The number of alkyl halides is 2. The molecule has 0 bridgehead atoms. The van der Waals surface area contributed by atoms with Crippen molar-refractivity contribution in [2.24, 2.45) is 5.92 Å². The monoisotopic (exact) mass is 366 g/mol. The van der Waals surface area contributed by atoms with Gasteiger partial charge in [0.2, 0.25) is 0 Å². The maximum Gasteiger partial charge on any atom is 0.465 e. The number of hydrogen-bond acceptors (Lipinski definition) is 7. The summed E-state index contributed by atoms with van der Waals surface area (Å²) in [5, 5.41) is -5.04. The Morgan fingerprint density at radius 2 is 1.86 bits per heavy atom. The molecule has 1 aliphatic rings. The van der Waals surface area contributed by atoms with Gasteiger partial charge in [0.15, 0.2) is 0 Å². The molecular weight excluding hydrogens is 350 g/mol. The van der Waals surface area contributed by atoms with Crippen molar-refractivity contribution in [3.05, 3.63) is 0 Å². The van der Waals surface area contributed by atoms with Gasteiger partial charge < -0.3 is 4.74 Å². The van der Waals surface area contributed by atoms with Crippen LogP contribution in [0, 0.1) is 5.92 Å². The molecule has 0 heterocycles. The van der Waals surface area contributed by atoms with Gasteiger partial charge >= 0.3 is 21.3 Å². The van der Waals surface area contributed by atoms with Crippen LogP contribution in [0.4, 0.5) is 8.78 Å². The molecule has 0 radical (unpaired) electrons. The molecule has 0 aromatic heterocycles. The van der Waals surface area contributed by atoms with Crippen LogP contribution < -0.4 is 0 Å². The Morgan fingerprint density at radius 3 is 2.36 bits per heavy atom. The van der Waals surface area contributed by atoms with Crippen molar-refractivity contribution in [2.45, 2.75) is 37.0 Å². The third kappa shape index (κ3) is 5.11. The van der Waals surface area contributed by atoms with Crippen LogP contribution in [0.1, 0.15) is 25.7 Å². The Balaban J connectivity index is 2.52. The topological polar surface area (TPSA) is 124 Å². The van der Waals surface area contributed by atoms with Gasteiger partial charge in [-0.05, 0) is 25.2 Å².